The first-order valence-electron chi connectivity index (χ1n) is 9.51. The molecule has 0 radical (unpaired) electrons. The van der Waals surface area contributed by atoms with Gasteiger partial charge in [0.2, 0.25) is 11.7 Å². The normalized spacial score (nSPS) is 10.6. The van der Waals surface area contributed by atoms with E-state index in [0.29, 0.717) is 17.1 Å². The zero-order valence-corrected chi connectivity index (χ0v) is 16.6. The highest BCUT2D eigenvalue weighted by Crippen LogP contribution is 2.19. The predicted molar refractivity (Wildman–Crippen MR) is 115 cm³/mol. The van der Waals surface area contributed by atoms with Gasteiger partial charge in [-0.25, -0.2) is 0 Å². The molecule has 0 spiro atoms. The largest absolute Gasteiger partial charge is 0.333 e. The third-order valence-corrected chi connectivity index (χ3v) is 4.60. The molecule has 0 aliphatic heterocycles. The SMILES string of the molecule is CC(=O)c1ccc(NC(=O)Cn2cccc(-c3nc(-c4ccccc4)no3)c2=O)cc1. The molecule has 2 aromatic heterocycles. The summed E-state index contributed by atoms with van der Waals surface area (Å²) in [4.78, 5) is 40.9. The summed E-state index contributed by atoms with van der Waals surface area (Å²) in [5.74, 6) is 0.0126. The summed E-state index contributed by atoms with van der Waals surface area (Å²) < 4.78 is 6.53. The van der Waals surface area contributed by atoms with Gasteiger partial charge >= 0.3 is 0 Å². The van der Waals surface area contributed by atoms with E-state index in [2.05, 4.69) is 15.5 Å². The van der Waals surface area contributed by atoms with E-state index in [9.17, 15) is 14.4 Å². The third-order valence-electron chi connectivity index (χ3n) is 4.60. The second-order valence-corrected chi connectivity index (χ2v) is 6.83. The van der Waals surface area contributed by atoms with Gasteiger partial charge in [-0.1, -0.05) is 35.5 Å². The highest BCUT2D eigenvalue weighted by molar-refractivity contribution is 5.95. The number of hydrogen-bond donors (Lipinski definition) is 1. The molecule has 1 amide bonds. The molecule has 0 saturated heterocycles. The molecule has 0 bridgehead atoms. The molecule has 0 unspecified atom stereocenters. The zero-order valence-electron chi connectivity index (χ0n) is 16.6. The van der Waals surface area contributed by atoms with E-state index in [1.54, 1.807) is 36.4 Å². The van der Waals surface area contributed by atoms with E-state index in [1.165, 1.54) is 17.7 Å². The number of nitrogens with zero attached hydrogens (tertiary/aromatic N) is 3. The van der Waals surface area contributed by atoms with E-state index in [1.807, 2.05) is 30.3 Å². The van der Waals surface area contributed by atoms with Crippen LogP contribution in [0.5, 0.6) is 0 Å². The summed E-state index contributed by atoms with van der Waals surface area (Å²) in [6.45, 7) is 1.28. The minimum Gasteiger partial charge on any atom is -0.333 e. The van der Waals surface area contributed by atoms with Gasteiger partial charge in [0.25, 0.3) is 11.4 Å². The van der Waals surface area contributed by atoms with E-state index in [0.717, 1.165) is 5.56 Å². The molecule has 0 aliphatic rings. The molecule has 0 atom stereocenters. The Bertz CT molecular complexity index is 1290. The van der Waals surface area contributed by atoms with Crippen LogP contribution in [-0.4, -0.2) is 26.4 Å². The summed E-state index contributed by atoms with van der Waals surface area (Å²) >= 11 is 0. The van der Waals surface area contributed by atoms with Gasteiger partial charge in [-0.3, -0.25) is 14.4 Å². The average Bonchev–Trinajstić information content (AvgIpc) is 3.26. The Kier molecular flexibility index (Phi) is 5.53. The number of hydrogen-bond acceptors (Lipinski definition) is 6. The van der Waals surface area contributed by atoms with Crippen LogP contribution >= 0.6 is 0 Å². The molecule has 0 aliphatic carbocycles. The monoisotopic (exact) mass is 414 g/mol. The van der Waals surface area contributed by atoms with Crippen molar-refractivity contribution < 1.29 is 14.1 Å². The Morgan fingerprint density at radius 3 is 2.45 bits per heavy atom. The smallest absolute Gasteiger partial charge is 0.263 e. The molecule has 4 rings (SSSR count). The van der Waals surface area contributed by atoms with Gasteiger partial charge < -0.3 is 14.4 Å². The fourth-order valence-electron chi connectivity index (χ4n) is 3.00. The first-order chi connectivity index (χ1) is 15.0. The molecule has 8 nitrogen and oxygen atoms in total. The van der Waals surface area contributed by atoms with Crippen molar-refractivity contribution in [3.05, 3.63) is 88.8 Å². The minimum absolute atomic E-state index is 0.0577. The Morgan fingerprint density at radius 2 is 1.74 bits per heavy atom. The quantitative estimate of drug-likeness (QED) is 0.485. The molecule has 4 aromatic rings. The second-order valence-electron chi connectivity index (χ2n) is 6.83. The molecular formula is C23H18N4O4. The molecule has 0 saturated carbocycles. The molecule has 2 aromatic carbocycles. The van der Waals surface area contributed by atoms with Crippen molar-refractivity contribution in [2.24, 2.45) is 0 Å². The van der Waals surface area contributed by atoms with Crippen molar-refractivity contribution in [2.75, 3.05) is 5.32 Å². The average molecular weight is 414 g/mol. The highest BCUT2D eigenvalue weighted by Gasteiger charge is 2.16. The summed E-state index contributed by atoms with van der Waals surface area (Å²) in [5.41, 5.74) is 1.63. The maximum atomic E-state index is 12.8. The number of benzene rings is 2. The lowest BCUT2D eigenvalue weighted by atomic mass is 10.1. The molecule has 154 valence electrons. The maximum Gasteiger partial charge on any atom is 0.263 e. The Balaban J connectivity index is 1.51. The van der Waals surface area contributed by atoms with Crippen molar-refractivity contribution in [1.29, 1.82) is 0 Å². The van der Waals surface area contributed by atoms with Gasteiger partial charge in [0.1, 0.15) is 12.1 Å². The van der Waals surface area contributed by atoms with Crippen LogP contribution in [0.15, 0.2) is 82.2 Å². The number of pyridine rings is 1. The van der Waals surface area contributed by atoms with Crippen LogP contribution < -0.4 is 10.9 Å². The standard InChI is InChI=1S/C23H18N4O4/c1-15(28)16-9-11-18(12-10-16)24-20(29)14-27-13-5-8-19(23(27)30)22-25-21(26-31-22)17-6-3-2-4-7-17/h2-13H,14H2,1H3,(H,24,29). The first kappa shape index (κ1) is 20.0. The number of Topliss-reactive ketones (excluding diaryl/α,β-unsaturated/α-hetero) is 1. The second kappa shape index (κ2) is 8.58. The van der Waals surface area contributed by atoms with Crippen LogP contribution in [0.2, 0.25) is 0 Å². The summed E-state index contributed by atoms with van der Waals surface area (Å²) in [5, 5.41) is 6.64. The first-order valence-corrected chi connectivity index (χ1v) is 9.51. The number of rotatable bonds is 6. The molecule has 0 fully saturated rings. The molecular weight excluding hydrogens is 396 g/mol. The van der Waals surface area contributed by atoms with Gasteiger partial charge in [0.05, 0.1) is 0 Å². The minimum atomic E-state index is -0.423. The fourth-order valence-corrected chi connectivity index (χ4v) is 3.00. The van der Waals surface area contributed by atoms with Crippen LogP contribution in [0.3, 0.4) is 0 Å². The third kappa shape index (κ3) is 4.48. The van der Waals surface area contributed by atoms with Crippen molar-refractivity contribution >= 4 is 17.4 Å². The van der Waals surface area contributed by atoms with Crippen LogP contribution in [0.4, 0.5) is 5.69 Å². The van der Waals surface area contributed by atoms with Crippen molar-refractivity contribution in [3.8, 4) is 22.8 Å². The Labute approximate surface area is 177 Å². The van der Waals surface area contributed by atoms with Gasteiger partial charge in [-0.2, -0.15) is 4.98 Å². The zero-order chi connectivity index (χ0) is 21.8. The number of ketones is 1. The lowest BCUT2D eigenvalue weighted by molar-refractivity contribution is -0.116. The van der Waals surface area contributed by atoms with Gasteiger partial charge in [-0.15, -0.1) is 0 Å². The number of carbonyl (C=O) groups is 2. The molecule has 8 heteroatoms. The van der Waals surface area contributed by atoms with E-state index >= 15 is 0 Å². The van der Waals surface area contributed by atoms with Gasteiger partial charge in [0, 0.05) is 23.0 Å². The lowest BCUT2D eigenvalue weighted by Gasteiger charge is -2.08. The molecule has 31 heavy (non-hydrogen) atoms. The molecule has 1 N–H and O–H groups in total. The van der Waals surface area contributed by atoms with Crippen molar-refractivity contribution in [2.45, 2.75) is 13.5 Å². The van der Waals surface area contributed by atoms with E-state index < -0.39 is 5.56 Å². The van der Waals surface area contributed by atoms with Crippen molar-refractivity contribution in [3.63, 3.8) is 0 Å². The number of carbonyl (C=O) groups excluding carboxylic acids is 2. The number of nitrogens with one attached hydrogen (secondary N) is 1. The highest BCUT2D eigenvalue weighted by atomic mass is 16.5. The summed E-state index contributed by atoms with van der Waals surface area (Å²) in [7, 11) is 0. The number of aromatic nitrogens is 3. The van der Waals surface area contributed by atoms with E-state index in [-0.39, 0.29) is 29.7 Å². The Hall–Kier alpha value is -4.33. The lowest BCUT2D eigenvalue weighted by Crippen LogP contribution is -2.28. The fraction of sp³-hybridized carbons (Fsp3) is 0.0870. The van der Waals surface area contributed by atoms with Gasteiger partial charge in [0.15, 0.2) is 5.78 Å². The van der Waals surface area contributed by atoms with Gasteiger partial charge in [-0.05, 0) is 43.3 Å². The van der Waals surface area contributed by atoms with E-state index in [4.69, 9.17) is 4.52 Å². The summed E-state index contributed by atoms with van der Waals surface area (Å²) in [6, 6.07) is 19.0. The van der Waals surface area contributed by atoms with Crippen LogP contribution in [0.1, 0.15) is 17.3 Å². The van der Waals surface area contributed by atoms with Crippen molar-refractivity contribution in [1.82, 2.24) is 14.7 Å². The topological polar surface area (TPSA) is 107 Å². The molecule has 2 heterocycles. The van der Waals surface area contributed by atoms with Crippen LogP contribution in [-0.2, 0) is 11.3 Å². The Morgan fingerprint density at radius 1 is 1.00 bits per heavy atom. The van der Waals surface area contributed by atoms with Crippen LogP contribution in [0, 0.1) is 0 Å². The maximum absolute atomic E-state index is 12.8. The number of anilines is 1. The van der Waals surface area contributed by atoms with Crippen LogP contribution in [0.25, 0.3) is 22.8 Å². The summed E-state index contributed by atoms with van der Waals surface area (Å²) in [6.07, 6.45) is 1.51. The predicted octanol–water partition coefficient (Wildman–Crippen LogP) is 3.41. The number of amides is 1.